The molecular formula is C35H39F2O2P. The Balaban J connectivity index is 0.000000252. The fourth-order valence-corrected chi connectivity index (χ4v) is 8.39. The second-order valence-electron chi connectivity index (χ2n) is 9.56. The topological polar surface area (TPSA) is 26.3 Å². The predicted molar refractivity (Wildman–Crippen MR) is 167 cm³/mol. The number of rotatable bonds is 11. The van der Waals surface area contributed by atoms with Crippen LogP contribution in [0.5, 0.6) is 0 Å². The Morgan fingerprint density at radius 2 is 1.12 bits per heavy atom. The standard InChI is InChI=1S/C24H27P.C11H12F2O2/c1-2-3-4-14-21-25(22-15-8-5-9-16-22,23-17-10-6-11-18-23)24-19-12-7-13-20-24;1-2-11(12,13)8-15-10(14)9-6-4-3-5-7-9/h5-13,15-21H,2-4,14H2,1H3;3-7H,2,8H2,1H3. The fraction of sp³-hybridized carbons (Fsp3) is 0.257. The average Bonchev–Trinajstić information content (AvgIpc) is 3.02. The van der Waals surface area contributed by atoms with E-state index in [4.69, 9.17) is 0 Å². The molecule has 0 aliphatic heterocycles. The Hall–Kier alpha value is -3.49. The lowest BCUT2D eigenvalue weighted by molar-refractivity contribution is -0.0629. The molecule has 0 N–H and O–H groups in total. The van der Waals surface area contributed by atoms with Gasteiger partial charge in [0.1, 0.15) is 0 Å². The minimum atomic E-state index is -2.94. The van der Waals surface area contributed by atoms with E-state index in [9.17, 15) is 13.6 Å². The summed E-state index contributed by atoms with van der Waals surface area (Å²) in [7, 11) is 0. The molecule has 4 rings (SSSR count). The van der Waals surface area contributed by atoms with Gasteiger partial charge in [-0.2, -0.15) is 0 Å². The van der Waals surface area contributed by atoms with Gasteiger partial charge in [0.15, 0.2) is 6.61 Å². The van der Waals surface area contributed by atoms with Gasteiger partial charge in [-0.25, -0.2) is 13.6 Å². The lowest BCUT2D eigenvalue weighted by Crippen LogP contribution is -2.26. The Morgan fingerprint density at radius 3 is 1.52 bits per heavy atom. The molecule has 5 heteroatoms. The SMILES string of the molecule is CCC(F)(F)COC(=O)c1ccccc1.CCCCCC=P(c1ccccc1)(c1ccccc1)c1ccccc1. The molecule has 0 atom stereocenters. The minimum Gasteiger partial charge on any atom is -0.456 e. The Kier molecular flexibility index (Phi) is 12.4. The number of ether oxygens (including phenoxy) is 1. The zero-order valence-electron chi connectivity index (χ0n) is 23.4. The van der Waals surface area contributed by atoms with Crippen LogP contribution >= 0.6 is 6.89 Å². The molecule has 0 unspecified atom stereocenters. The monoisotopic (exact) mass is 560 g/mol. The summed E-state index contributed by atoms with van der Waals surface area (Å²) >= 11 is 0. The second kappa shape index (κ2) is 15.9. The van der Waals surface area contributed by atoms with E-state index in [1.165, 1.54) is 60.7 Å². The molecule has 0 aliphatic rings. The number of hydrogen-bond acceptors (Lipinski definition) is 2. The van der Waals surface area contributed by atoms with Crippen molar-refractivity contribution in [2.45, 2.75) is 51.9 Å². The van der Waals surface area contributed by atoms with Gasteiger partial charge in [-0.15, -0.1) is 0 Å². The first-order valence-electron chi connectivity index (χ1n) is 13.9. The maximum atomic E-state index is 12.8. The summed E-state index contributed by atoms with van der Waals surface area (Å²) in [5, 5.41) is 4.34. The fourth-order valence-electron chi connectivity index (χ4n) is 4.36. The van der Waals surface area contributed by atoms with Gasteiger partial charge in [-0.1, -0.05) is 142 Å². The highest BCUT2D eigenvalue weighted by Gasteiger charge is 2.28. The molecule has 4 aromatic rings. The summed E-state index contributed by atoms with van der Waals surface area (Å²) in [6, 6.07) is 41.3. The van der Waals surface area contributed by atoms with E-state index in [0.717, 1.165) is 0 Å². The molecule has 0 spiro atoms. The molecule has 0 fully saturated rings. The first-order chi connectivity index (χ1) is 19.4. The third kappa shape index (κ3) is 8.76. The Labute approximate surface area is 238 Å². The third-order valence-corrected chi connectivity index (χ3v) is 10.8. The first-order valence-corrected chi connectivity index (χ1v) is 15.8. The average molecular weight is 561 g/mol. The number of halogens is 2. The summed E-state index contributed by atoms with van der Waals surface area (Å²) in [6.45, 7) is 1.03. The number of carbonyl (C=O) groups excluding carboxylic acids is 1. The molecule has 0 saturated carbocycles. The Bertz CT molecular complexity index is 1220. The smallest absolute Gasteiger partial charge is 0.338 e. The van der Waals surface area contributed by atoms with E-state index in [1.807, 2.05) is 0 Å². The number of unbranched alkanes of at least 4 members (excludes halogenated alkanes) is 3. The van der Waals surface area contributed by atoms with Crippen LogP contribution in [0, 0.1) is 0 Å². The summed E-state index contributed by atoms with van der Waals surface area (Å²) in [4.78, 5) is 11.3. The summed E-state index contributed by atoms with van der Waals surface area (Å²) < 4.78 is 30.0. The number of benzene rings is 4. The molecule has 0 aliphatic carbocycles. The van der Waals surface area contributed by atoms with Crippen LogP contribution in [0.4, 0.5) is 8.78 Å². The van der Waals surface area contributed by atoms with E-state index in [0.29, 0.717) is 0 Å². The second-order valence-corrected chi connectivity index (χ2v) is 12.9. The van der Waals surface area contributed by atoms with Crippen LogP contribution in [0.15, 0.2) is 121 Å². The van der Waals surface area contributed by atoms with Gasteiger partial charge < -0.3 is 4.74 Å². The zero-order valence-corrected chi connectivity index (χ0v) is 24.3. The van der Waals surface area contributed by atoms with Gasteiger partial charge in [0, 0.05) is 6.42 Å². The van der Waals surface area contributed by atoms with Gasteiger partial charge in [-0.05, 0) is 47.8 Å². The maximum absolute atomic E-state index is 12.8. The van der Waals surface area contributed by atoms with Crippen molar-refractivity contribution >= 4 is 34.6 Å². The molecular weight excluding hydrogens is 521 g/mol. The van der Waals surface area contributed by atoms with Crippen molar-refractivity contribution in [2.24, 2.45) is 0 Å². The van der Waals surface area contributed by atoms with Gasteiger partial charge in [0.05, 0.1) is 5.56 Å². The summed E-state index contributed by atoms with van der Waals surface area (Å²) in [6.07, 6.45) is 4.66. The molecule has 4 aromatic carbocycles. The lowest BCUT2D eigenvalue weighted by atomic mass is 10.2. The van der Waals surface area contributed by atoms with Crippen molar-refractivity contribution in [2.75, 3.05) is 6.61 Å². The van der Waals surface area contributed by atoms with Gasteiger partial charge in [-0.3, -0.25) is 0 Å². The highest BCUT2D eigenvalue weighted by atomic mass is 31.2. The predicted octanol–water partition coefficient (Wildman–Crippen LogP) is 8.25. The zero-order chi connectivity index (χ0) is 28.7. The van der Waals surface area contributed by atoms with Crippen molar-refractivity contribution in [1.82, 2.24) is 0 Å². The Morgan fingerprint density at radius 1 is 0.700 bits per heavy atom. The molecule has 2 nitrogen and oxygen atoms in total. The lowest BCUT2D eigenvalue weighted by Gasteiger charge is -2.29. The van der Waals surface area contributed by atoms with Gasteiger partial charge in [0.25, 0.3) is 5.92 Å². The first kappa shape index (κ1) is 31.0. The van der Waals surface area contributed by atoms with Crippen molar-refractivity contribution in [3.05, 3.63) is 127 Å². The van der Waals surface area contributed by atoms with Crippen LogP contribution in [0.2, 0.25) is 0 Å². The number of alkyl halides is 2. The van der Waals surface area contributed by atoms with E-state index < -0.39 is 25.4 Å². The van der Waals surface area contributed by atoms with Gasteiger partial charge in [0.2, 0.25) is 0 Å². The highest BCUT2D eigenvalue weighted by molar-refractivity contribution is 7.94. The molecule has 0 radical (unpaired) electrons. The molecule has 40 heavy (non-hydrogen) atoms. The van der Waals surface area contributed by atoms with Gasteiger partial charge >= 0.3 is 5.97 Å². The van der Waals surface area contributed by atoms with Crippen LogP contribution in [0.3, 0.4) is 0 Å². The highest BCUT2D eigenvalue weighted by Crippen LogP contribution is 2.44. The minimum absolute atomic E-state index is 0.282. The van der Waals surface area contributed by atoms with E-state index in [1.54, 1.807) is 18.2 Å². The van der Waals surface area contributed by atoms with Crippen molar-refractivity contribution in [3.8, 4) is 0 Å². The molecule has 0 saturated heterocycles. The van der Waals surface area contributed by atoms with Crippen LogP contribution in [-0.2, 0) is 4.74 Å². The number of esters is 1. The number of hydrogen-bond donors (Lipinski definition) is 0. The van der Waals surface area contributed by atoms with E-state index in [-0.39, 0.29) is 12.0 Å². The van der Waals surface area contributed by atoms with Crippen molar-refractivity contribution in [3.63, 3.8) is 0 Å². The van der Waals surface area contributed by atoms with Crippen molar-refractivity contribution in [1.29, 1.82) is 0 Å². The largest absolute Gasteiger partial charge is 0.456 e. The molecule has 0 bridgehead atoms. The molecule has 210 valence electrons. The maximum Gasteiger partial charge on any atom is 0.338 e. The normalized spacial score (nSPS) is 11.2. The molecule has 0 amide bonds. The number of carbonyl (C=O) groups is 1. The van der Waals surface area contributed by atoms with Crippen LogP contribution < -0.4 is 15.9 Å². The van der Waals surface area contributed by atoms with E-state index >= 15 is 0 Å². The quantitative estimate of drug-likeness (QED) is 0.105. The summed E-state index contributed by atoms with van der Waals surface area (Å²) in [5.74, 6) is -1.02. The van der Waals surface area contributed by atoms with Crippen molar-refractivity contribution < 1.29 is 18.3 Å². The van der Waals surface area contributed by atoms with Crippen LogP contribution in [0.25, 0.3) is 0 Å². The van der Waals surface area contributed by atoms with E-state index in [2.05, 4.69) is 108 Å². The van der Waals surface area contributed by atoms with Crippen LogP contribution in [0.1, 0.15) is 56.3 Å². The summed E-state index contributed by atoms with van der Waals surface area (Å²) in [5.41, 5.74) is 0.282. The van der Waals surface area contributed by atoms with Crippen LogP contribution in [-0.4, -0.2) is 24.3 Å². The molecule has 0 aromatic heterocycles. The molecule has 0 heterocycles. The third-order valence-electron chi connectivity index (χ3n) is 6.64.